The Bertz CT molecular complexity index is 1350. The van der Waals surface area contributed by atoms with E-state index in [1.165, 1.54) is 27.8 Å². The van der Waals surface area contributed by atoms with Gasteiger partial charge in [0.1, 0.15) is 11.5 Å². The summed E-state index contributed by atoms with van der Waals surface area (Å²) in [7, 11) is 1.79. The van der Waals surface area contributed by atoms with Crippen LogP contribution in [0.25, 0.3) is 0 Å². The van der Waals surface area contributed by atoms with Gasteiger partial charge in [-0.1, -0.05) is 73.2 Å². The average molecular weight is 509 g/mol. The monoisotopic (exact) mass is 508 g/mol. The molecule has 38 heavy (non-hydrogen) atoms. The number of carbonyl (C=O) groups is 1. The highest BCUT2D eigenvalue weighted by atomic mass is 16.5. The van der Waals surface area contributed by atoms with E-state index in [2.05, 4.69) is 78.6 Å². The minimum Gasteiger partial charge on any atom is -0.481 e. The zero-order valence-corrected chi connectivity index (χ0v) is 22.5. The summed E-state index contributed by atoms with van der Waals surface area (Å²) in [5.74, 6) is 1.43. The van der Waals surface area contributed by atoms with Crippen molar-refractivity contribution in [3.05, 3.63) is 125 Å². The molecular formula is C33H36N2O3. The van der Waals surface area contributed by atoms with Crippen molar-refractivity contribution in [3.63, 3.8) is 0 Å². The van der Waals surface area contributed by atoms with Gasteiger partial charge in [-0.2, -0.15) is 0 Å². The zero-order valence-electron chi connectivity index (χ0n) is 22.5. The first-order valence-electron chi connectivity index (χ1n) is 13.4. The quantitative estimate of drug-likeness (QED) is 0.257. The average Bonchev–Trinajstić information content (AvgIpc) is 3.44. The number of amides is 1. The van der Waals surface area contributed by atoms with Gasteiger partial charge in [0, 0.05) is 20.1 Å². The molecule has 2 atom stereocenters. The highest BCUT2D eigenvalue weighted by Gasteiger charge is 2.30. The number of aryl methyl sites for hydroxylation is 1. The maximum Gasteiger partial charge on any atom is 0.263 e. The number of fused-ring (bicyclic) bond motifs is 1. The Hall–Kier alpha value is -3.83. The van der Waals surface area contributed by atoms with Crippen molar-refractivity contribution in [2.45, 2.75) is 51.9 Å². The van der Waals surface area contributed by atoms with E-state index in [1.807, 2.05) is 25.1 Å². The molecule has 196 valence electrons. The maximum atomic E-state index is 13.2. The van der Waals surface area contributed by atoms with Crippen LogP contribution >= 0.6 is 0 Å². The van der Waals surface area contributed by atoms with Crippen molar-refractivity contribution in [3.8, 4) is 5.75 Å². The smallest absolute Gasteiger partial charge is 0.263 e. The minimum atomic E-state index is -0.560. The lowest BCUT2D eigenvalue weighted by atomic mass is 9.87. The molecule has 1 aliphatic rings. The molecule has 0 saturated carbocycles. The third-order valence-corrected chi connectivity index (χ3v) is 7.30. The summed E-state index contributed by atoms with van der Waals surface area (Å²) in [4.78, 5) is 17.4. The van der Waals surface area contributed by atoms with Crippen LogP contribution in [0.3, 0.4) is 0 Å². The summed E-state index contributed by atoms with van der Waals surface area (Å²) >= 11 is 0. The molecule has 5 nitrogen and oxygen atoms in total. The maximum absolute atomic E-state index is 13.2. The molecule has 2 heterocycles. The predicted molar refractivity (Wildman–Crippen MR) is 150 cm³/mol. The number of hydrogen-bond donors (Lipinski definition) is 0. The topological polar surface area (TPSA) is 45.9 Å². The third kappa shape index (κ3) is 5.84. The molecule has 1 amide bonds. The second-order valence-corrected chi connectivity index (χ2v) is 10.2. The van der Waals surface area contributed by atoms with Crippen molar-refractivity contribution in [2.75, 3.05) is 13.6 Å². The van der Waals surface area contributed by atoms with Gasteiger partial charge in [0.25, 0.3) is 5.91 Å². The summed E-state index contributed by atoms with van der Waals surface area (Å²) in [5.41, 5.74) is 6.44. The third-order valence-electron chi connectivity index (χ3n) is 7.30. The van der Waals surface area contributed by atoms with Gasteiger partial charge >= 0.3 is 0 Å². The van der Waals surface area contributed by atoms with Gasteiger partial charge in [-0.05, 0) is 66.3 Å². The van der Waals surface area contributed by atoms with Crippen LogP contribution in [-0.2, 0) is 24.3 Å². The van der Waals surface area contributed by atoms with E-state index in [0.29, 0.717) is 13.0 Å². The molecule has 0 aliphatic carbocycles. The summed E-state index contributed by atoms with van der Waals surface area (Å²) in [6.07, 6.45) is 2.63. The van der Waals surface area contributed by atoms with Crippen LogP contribution in [0.4, 0.5) is 0 Å². The number of nitrogens with zero attached hydrogens (tertiary/aromatic N) is 2. The lowest BCUT2D eigenvalue weighted by Gasteiger charge is -2.38. The lowest BCUT2D eigenvalue weighted by molar-refractivity contribution is -0.138. The van der Waals surface area contributed by atoms with Gasteiger partial charge in [-0.3, -0.25) is 9.69 Å². The largest absolute Gasteiger partial charge is 0.481 e. The van der Waals surface area contributed by atoms with Crippen molar-refractivity contribution < 1.29 is 13.9 Å². The Morgan fingerprint density at radius 1 is 1.05 bits per heavy atom. The second-order valence-electron chi connectivity index (χ2n) is 10.2. The molecule has 1 aromatic heterocycles. The lowest BCUT2D eigenvalue weighted by Crippen LogP contribution is -2.39. The molecule has 0 radical (unpaired) electrons. The van der Waals surface area contributed by atoms with Crippen LogP contribution in [0.2, 0.25) is 0 Å². The van der Waals surface area contributed by atoms with E-state index < -0.39 is 6.10 Å². The van der Waals surface area contributed by atoms with Crippen LogP contribution < -0.4 is 4.74 Å². The highest BCUT2D eigenvalue weighted by molar-refractivity contribution is 5.81. The van der Waals surface area contributed by atoms with Crippen LogP contribution in [-0.4, -0.2) is 35.4 Å². The van der Waals surface area contributed by atoms with Crippen LogP contribution in [0.15, 0.2) is 95.6 Å². The molecule has 1 aliphatic heterocycles. The first kappa shape index (κ1) is 25.8. The Labute approximate surface area is 225 Å². The van der Waals surface area contributed by atoms with Gasteiger partial charge in [-0.15, -0.1) is 0 Å². The Balaban J connectivity index is 1.41. The highest BCUT2D eigenvalue weighted by Crippen LogP contribution is 2.38. The van der Waals surface area contributed by atoms with Crippen LogP contribution in [0.5, 0.6) is 5.75 Å². The molecule has 3 aromatic carbocycles. The fraction of sp³-hybridized carbons (Fsp3) is 0.303. The fourth-order valence-corrected chi connectivity index (χ4v) is 5.39. The second kappa shape index (κ2) is 11.7. The number of likely N-dealkylation sites (N-methyl/N-ethyl adjacent to an activating group) is 1. The number of rotatable bonds is 9. The van der Waals surface area contributed by atoms with E-state index in [0.717, 1.165) is 31.0 Å². The Kier molecular flexibility index (Phi) is 7.94. The normalized spacial score (nSPS) is 16.0. The standard InChI is InChI=1S/C33H36N2O3/c1-4-31(33(36)34(3)23-29-14-9-19-37-29)38-28-16-15-26-17-18-35(22-25-11-8-10-24(2)20-25)32(30(26)21-28)27-12-6-5-7-13-27/h5-16,19-21,31-32H,4,17-18,22-23H2,1-3H3. The molecule has 5 rings (SSSR count). The molecule has 0 bridgehead atoms. The van der Waals surface area contributed by atoms with Crippen LogP contribution in [0, 0.1) is 6.92 Å². The fourth-order valence-electron chi connectivity index (χ4n) is 5.39. The SMILES string of the molecule is CCC(Oc1ccc2c(c1)C(c1ccccc1)N(Cc1cccc(C)c1)CC2)C(=O)N(C)Cc1ccco1. The number of ether oxygens (including phenoxy) is 1. The first-order chi connectivity index (χ1) is 18.5. The van der Waals surface area contributed by atoms with E-state index in [4.69, 9.17) is 9.15 Å². The van der Waals surface area contributed by atoms with Crippen molar-refractivity contribution in [2.24, 2.45) is 0 Å². The van der Waals surface area contributed by atoms with E-state index in [-0.39, 0.29) is 11.9 Å². The summed E-state index contributed by atoms with van der Waals surface area (Å²) in [5, 5.41) is 0. The predicted octanol–water partition coefficient (Wildman–Crippen LogP) is 6.55. The van der Waals surface area contributed by atoms with Gasteiger partial charge in [0.05, 0.1) is 18.8 Å². The molecular weight excluding hydrogens is 472 g/mol. The van der Waals surface area contributed by atoms with Gasteiger partial charge in [0.2, 0.25) is 0 Å². The van der Waals surface area contributed by atoms with E-state index >= 15 is 0 Å². The number of carbonyl (C=O) groups excluding carboxylic acids is 1. The van der Waals surface area contributed by atoms with Crippen molar-refractivity contribution >= 4 is 5.91 Å². The van der Waals surface area contributed by atoms with Crippen LogP contribution in [0.1, 0.15) is 53.0 Å². The Morgan fingerprint density at radius 2 is 1.89 bits per heavy atom. The summed E-state index contributed by atoms with van der Waals surface area (Å²) < 4.78 is 11.8. The van der Waals surface area contributed by atoms with E-state index in [1.54, 1.807) is 18.2 Å². The molecule has 0 saturated heterocycles. The number of hydrogen-bond acceptors (Lipinski definition) is 4. The van der Waals surface area contributed by atoms with Gasteiger partial charge in [-0.25, -0.2) is 0 Å². The van der Waals surface area contributed by atoms with Crippen molar-refractivity contribution in [1.82, 2.24) is 9.80 Å². The molecule has 0 fully saturated rings. The molecule has 0 spiro atoms. The first-order valence-corrected chi connectivity index (χ1v) is 13.4. The summed E-state index contributed by atoms with van der Waals surface area (Å²) in [6.45, 7) is 6.40. The minimum absolute atomic E-state index is 0.0534. The summed E-state index contributed by atoms with van der Waals surface area (Å²) in [6, 6.07) is 29.6. The van der Waals surface area contributed by atoms with Gasteiger partial charge in [0.15, 0.2) is 6.10 Å². The Morgan fingerprint density at radius 3 is 2.63 bits per heavy atom. The molecule has 5 heteroatoms. The number of benzene rings is 3. The zero-order chi connectivity index (χ0) is 26.5. The van der Waals surface area contributed by atoms with E-state index in [9.17, 15) is 4.79 Å². The molecule has 4 aromatic rings. The molecule has 0 N–H and O–H groups in total. The number of furan rings is 1. The van der Waals surface area contributed by atoms with Gasteiger partial charge < -0.3 is 14.1 Å². The van der Waals surface area contributed by atoms with Crippen molar-refractivity contribution in [1.29, 1.82) is 0 Å². The molecule has 2 unspecified atom stereocenters.